The maximum Gasteiger partial charge on any atom is 0.0512 e. The molecule has 6 heteroatoms. The number of hydrogen-bond acceptors (Lipinski definition) is 2. The number of benzene rings is 2. The zero-order chi connectivity index (χ0) is 14.7. The zero-order valence-corrected chi connectivity index (χ0v) is 14.8. The van der Waals surface area contributed by atoms with E-state index in [2.05, 4.69) is 28.0 Å². The van der Waals surface area contributed by atoms with Crippen molar-refractivity contribution >= 4 is 57.4 Å². The fraction of sp³-hybridized carbons (Fsp3) is 0.143. The molecule has 20 heavy (non-hydrogen) atoms. The van der Waals surface area contributed by atoms with Crippen LogP contribution in [0.4, 0.5) is 0 Å². The standard InChI is InChI=1S/C14H12Cl3IN2/c15-8-4-5-13(18)10(6-8)14(20-19)7-9-11(16)2-1-3-12(9)17/h1-6,14,20H,7,19H2. The third-order valence-electron chi connectivity index (χ3n) is 3.00. The van der Waals surface area contributed by atoms with Gasteiger partial charge >= 0.3 is 0 Å². The molecule has 106 valence electrons. The number of halogens is 4. The van der Waals surface area contributed by atoms with Crippen molar-refractivity contribution in [1.29, 1.82) is 0 Å². The van der Waals surface area contributed by atoms with E-state index >= 15 is 0 Å². The van der Waals surface area contributed by atoms with Gasteiger partial charge in [0.15, 0.2) is 0 Å². The summed E-state index contributed by atoms with van der Waals surface area (Å²) in [6, 6.07) is 11.1. The smallest absolute Gasteiger partial charge is 0.0512 e. The first-order valence-electron chi connectivity index (χ1n) is 5.87. The highest BCUT2D eigenvalue weighted by Crippen LogP contribution is 2.31. The highest BCUT2D eigenvalue weighted by atomic mass is 127. The molecule has 0 spiro atoms. The lowest BCUT2D eigenvalue weighted by Gasteiger charge is -2.19. The van der Waals surface area contributed by atoms with Gasteiger partial charge in [0, 0.05) is 18.6 Å². The predicted octanol–water partition coefficient (Wildman–Crippen LogP) is 5.00. The Balaban J connectivity index is 2.36. The zero-order valence-electron chi connectivity index (χ0n) is 10.3. The Kier molecular flexibility index (Phi) is 5.95. The predicted molar refractivity (Wildman–Crippen MR) is 94.4 cm³/mol. The van der Waals surface area contributed by atoms with Crippen LogP contribution in [0, 0.1) is 3.57 Å². The van der Waals surface area contributed by atoms with Gasteiger partial charge < -0.3 is 0 Å². The number of nitrogens with two attached hydrogens (primary N) is 1. The monoisotopic (exact) mass is 440 g/mol. The Bertz CT molecular complexity index is 599. The van der Waals surface area contributed by atoms with E-state index < -0.39 is 0 Å². The molecule has 2 aromatic rings. The molecule has 2 rings (SSSR count). The molecule has 0 aliphatic heterocycles. The van der Waals surface area contributed by atoms with Gasteiger partial charge in [0.1, 0.15) is 0 Å². The van der Waals surface area contributed by atoms with Crippen molar-refractivity contribution in [3.63, 3.8) is 0 Å². The van der Waals surface area contributed by atoms with Crippen LogP contribution in [0.5, 0.6) is 0 Å². The molecule has 0 aliphatic carbocycles. The molecular weight excluding hydrogens is 429 g/mol. The highest BCUT2D eigenvalue weighted by molar-refractivity contribution is 14.1. The molecule has 0 aliphatic rings. The highest BCUT2D eigenvalue weighted by Gasteiger charge is 2.17. The van der Waals surface area contributed by atoms with Crippen LogP contribution in [0.15, 0.2) is 36.4 Å². The lowest BCUT2D eigenvalue weighted by molar-refractivity contribution is 0.550. The van der Waals surface area contributed by atoms with E-state index in [1.807, 2.05) is 36.4 Å². The van der Waals surface area contributed by atoms with E-state index in [0.717, 1.165) is 14.7 Å². The lowest BCUT2D eigenvalue weighted by atomic mass is 9.99. The van der Waals surface area contributed by atoms with Gasteiger partial charge in [-0.15, -0.1) is 0 Å². The summed E-state index contributed by atoms with van der Waals surface area (Å²) in [4.78, 5) is 0. The van der Waals surface area contributed by atoms with Crippen LogP contribution in [-0.4, -0.2) is 0 Å². The maximum atomic E-state index is 6.21. The number of hydrogen-bond donors (Lipinski definition) is 2. The second kappa shape index (κ2) is 7.29. The van der Waals surface area contributed by atoms with Crippen molar-refractivity contribution in [3.8, 4) is 0 Å². The van der Waals surface area contributed by atoms with E-state index in [0.29, 0.717) is 21.5 Å². The molecule has 3 N–H and O–H groups in total. The van der Waals surface area contributed by atoms with Gasteiger partial charge in [-0.3, -0.25) is 11.3 Å². The van der Waals surface area contributed by atoms with Gasteiger partial charge in [0.25, 0.3) is 0 Å². The third-order valence-corrected chi connectivity index (χ3v) is 4.93. The van der Waals surface area contributed by atoms with Gasteiger partial charge in [-0.2, -0.15) is 0 Å². The summed E-state index contributed by atoms with van der Waals surface area (Å²) in [6.07, 6.45) is 0.589. The van der Waals surface area contributed by atoms with Crippen LogP contribution in [0.3, 0.4) is 0 Å². The van der Waals surface area contributed by atoms with Gasteiger partial charge in [-0.25, -0.2) is 0 Å². The van der Waals surface area contributed by atoms with E-state index in [9.17, 15) is 0 Å². The molecule has 0 amide bonds. The van der Waals surface area contributed by atoms with Crippen molar-refractivity contribution in [2.45, 2.75) is 12.5 Å². The van der Waals surface area contributed by atoms with E-state index in [1.165, 1.54) is 0 Å². The average Bonchev–Trinajstić information content (AvgIpc) is 2.42. The minimum atomic E-state index is -0.113. The van der Waals surface area contributed by atoms with Gasteiger partial charge in [0.2, 0.25) is 0 Å². The Morgan fingerprint density at radius 3 is 2.35 bits per heavy atom. The largest absolute Gasteiger partial charge is 0.271 e. The molecule has 0 heterocycles. The third kappa shape index (κ3) is 3.78. The number of hydrazine groups is 1. The van der Waals surface area contributed by atoms with E-state index in [-0.39, 0.29) is 6.04 Å². The summed E-state index contributed by atoms with van der Waals surface area (Å²) in [7, 11) is 0. The summed E-state index contributed by atoms with van der Waals surface area (Å²) >= 11 is 20.7. The first kappa shape index (κ1) is 16.3. The molecule has 0 saturated carbocycles. The molecule has 2 aromatic carbocycles. The molecule has 0 fully saturated rings. The summed E-state index contributed by atoms with van der Waals surface area (Å²) in [5.41, 5.74) is 4.70. The van der Waals surface area contributed by atoms with Gasteiger partial charge in [0.05, 0.1) is 6.04 Å². The molecule has 0 aromatic heterocycles. The minimum Gasteiger partial charge on any atom is -0.271 e. The van der Waals surface area contributed by atoms with Crippen molar-refractivity contribution in [3.05, 3.63) is 66.2 Å². The van der Waals surface area contributed by atoms with Crippen LogP contribution in [-0.2, 0) is 6.42 Å². The van der Waals surface area contributed by atoms with Gasteiger partial charge in [-0.1, -0.05) is 40.9 Å². The molecule has 0 saturated heterocycles. The van der Waals surface area contributed by atoms with Crippen LogP contribution in [0.25, 0.3) is 0 Å². The summed E-state index contributed by atoms with van der Waals surface area (Å²) in [5, 5.41) is 1.94. The topological polar surface area (TPSA) is 38.0 Å². The lowest BCUT2D eigenvalue weighted by Crippen LogP contribution is -2.30. The molecule has 1 atom stereocenters. The van der Waals surface area contributed by atoms with Crippen LogP contribution >= 0.6 is 57.4 Å². The minimum absolute atomic E-state index is 0.113. The quantitative estimate of drug-likeness (QED) is 0.398. The van der Waals surface area contributed by atoms with Crippen LogP contribution in [0.2, 0.25) is 15.1 Å². The van der Waals surface area contributed by atoms with Crippen molar-refractivity contribution in [2.75, 3.05) is 0 Å². The van der Waals surface area contributed by atoms with Crippen LogP contribution in [0.1, 0.15) is 17.2 Å². The van der Waals surface area contributed by atoms with Crippen molar-refractivity contribution in [1.82, 2.24) is 5.43 Å². The molecule has 0 radical (unpaired) electrons. The van der Waals surface area contributed by atoms with E-state index in [1.54, 1.807) is 0 Å². The normalized spacial score (nSPS) is 12.4. The van der Waals surface area contributed by atoms with Crippen LogP contribution < -0.4 is 11.3 Å². The Labute approximate surface area is 146 Å². The fourth-order valence-corrected chi connectivity index (χ4v) is 3.42. The van der Waals surface area contributed by atoms with Crippen molar-refractivity contribution in [2.24, 2.45) is 5.84 Å². The van der Waals surface area contributed by atoms with Gasteiger partial charge in [-0.05, 0) is 70.5 Å². The summed E-state index contributed by atoms with van der Waals surface area (Å²) in [5.74, 6) is 5.69. The van der Waals surface area contributed by atoms with E-state index in [4.69, 9.17) is 40.6 Å². The SMILES string of the molecule is NNC(Cc1c(Cl)cccc1Cl)c1cc(Cl)ccc1I. The summed E-state index contributed by atoms with van der Waals surface area (Å²) < 4.78 is 1.08. The Morgan fingerprint density at radius 2 is 1.75 bits per heavy atom. The first-order valence-corrected chi connectivity index (χ1v) is 8.08. The molecule has 2 nitrogen and oxygen atoms in total. The Morgan fingerprint density at radius 1 is 1.10 bits per heavy atom. The molecular formula is C14H12Cl3IN2. The fourth-order valence-electron chi connectivity index (χ4n) is 1.97. The second-order valence-corrected chi connectivity index (χ2v) is 6.70. The first-order chi connectivity index (χ1) is 9.52. The maximum absolute atomic E-state index is 6.21. The number of nitrogens with one attached hydrogen (secondary N) is 1. The second-order valence-electron chi connectivity index (χ2n) is 4.29. The summed E-state index contributed by atoms with van der Waals surface area (Å²) in [6.45, 7) is 0. The molecule has 1 unspecified atom stereocenters. The molecule has 0 bridgehead atoms. The number of rotatable bonds is 4. The Hall–Kier alpha value is -0.0400. The average molecular weight is 442 g/mol. The van der Waals surface area contributed by atoms with Crippen molar-refractivity contribution < 1.29 is 0 Å².